The van der Waals surface area contributed by atoms with E-state index in [1.165, 1.54) is 0 Å². The summed E-state index contributed by atoms with van der Waals surface area (Å²) in [4.78, 5) is 11.7. The second-order valence-electron chi connectivity index (χ2n) is 5.33. The zero-order valence-electron chi connectivity index (χ0n) is 10.1. The number of rotatable bonds is 2. The normalized spacial score (nSPS) is 29.1. The quantitative estimate of drug-likeness (QED) is 0.839. The van der Waals surface area contributed by atoms with Crippen LogP contribution in [0.15, 0.2) is 24.3 Å². The predicted molar refractivity (Wildman–Crippen MR) is 64.5 cm³/mol. The van der Waals surface area contributed by atoms with Gasteiger partial charge in [-0.2, -0.15) is 0 Å². The number of aliphatic carboxylic acids is 1. The van der Waals surface area contributed by atoms with Crippen molar-refractivity contribution in [1.29, 1.82) is 0 Å². The first-order chi connectivity index (χ1) is 8.61. The fraction of sp³-hybridized carbons (Fsp3) is 0.500. The van der Waals surface area contributed by atoms with Gasteiger partial charge in [0.2, 0.25) is 0 Å². The van der Waals surface area contributed by atoms with E-state index in [-0.39, 0.29) is 11.2 Å². The van der Waals surface area contributed by atoms with Gasteiger partial charge in [0.1, 0.15) is 5.75 Å². The van der Waals surface area contributed by atoms with Crippen LogP contribution in [0.2, 0.25) is 0 Å². The van der Waals surface area contributed by atoms with Crippen LogP contribution in [0, 0.1) is 5.41 Å². The third kappa shape index (κ3) is 1.38. The summed E-state index contributed by atoms with van der Waals surface area (Å²) in [5, 5.41) is 19.2. The van der Waals surface area contributed by atoms with E-state index in [1.807, 2.05) is 0 Å². The molecular formula is C14H16O4. The maximum atomic E-state index is 11.7. The van der Waals surface area contributed by atoms with Crippen molar-refractivity contribution in [2.75, 3.05) is 13.2 Å². The lowest BCUT2D eigenvalue weighted by atomic mass is 9.81. The van der Waals surface area contributed by atoms with Gasteiger partial charge in [-0.3, -0.25) is 4.79 Å². The van der Waals surface area contributed by atoms with Crippen LogP contribution in [0.5, 0.6) is 5.75 Å². The van der Waals surface area contributed by atoms with Gasteiger partial charge in [0, 0.05) is 13.2 Å². The highest BCUT2D eigenvalue weighted by molar-refractivity contribution is 5.87. The molecule has 0 aromatic heterocycles. The smallest absolute Gasteiger partial charge is 0.314 e. The molecule has 4 heteroatoms. The molecule has 1 saturated heterocycles. The lowest BCUT2D eigenvalue weighted by molar-refractivity contribution is -0.141. The molecule has 1 aromatic carbocycles. The maximum Gasteiger partial charge on any atom is 0.314 e. The Balaban J connectivity index is 2.02. The topological polar surface area (TPSA) is 66.8 Å². The molecule has 0 amide bonds. The van der Waals surface area contributed by atoms with Gasteiger partial charge in [-0.25, -0.2) is 0 Å². The van der Waals surface area contributed by atoms with Gasteiger partial charge in [0.05, 0.1) is 5.41 Å². The number of benzene rings is 1. The van der Waals surface area contributed by atoms with Crippen molar-refractivity contribution in [2.45, 2.75) is 24.7 Å². The molecule has 0 radical (unpaired) electrons. The molecule has 3 rings (SSSR count). The molecular weight excluding hydrogens is 232 g/mol. The summed E-state index contributed by atoms with van der Waals surface area (Å²) < 4.78 is 5.34. The first-order valence-electron chi connectivity index (χ1n) is 6.21. The van der Waals surface area contributed by atoms with Crippen LogP contribution in [0.4, 0.5) is 0 Å². The van der Waals surface area contributed by atoms with E-state index in [0.29, 0.717) is 19.6 Å². The summed E-state index contributed by atoms with van der Waals surface area (Å²) in [5.41, 5.74) is -0.280. The highest BCUT2D eigenvalue weighted by atomic mass is 16.5. The van der Waals surface area contributed by atoms with E-state index in [9.17, 15) is 15.0 Å². The number of phenols is 1. The first-order valence-corrected chi connectivity index (χ1v) is 6.21. The number of ether oxygens (including phenoxy) is 1. The molecule has 2 aliphatic rings. The number of aromatic hydroxyl groups is 1. The Hall–Kier alpha value is -1.55. The molecule has 1 unspecified atom stereocenters. The SMILES string of the molecule is O=C(O)C1(c2cccc(O)c2)CC12CCOCC2. The molecule has 1 aliphatic carbocycles. The standard InChI is InChI=1S/C14H16O4/c15-11-3-1-2-10(8-11)14(12(16)17)9-13(14)4-6-18-7-5-13/h1-3,8,15H,4-7,9H2,(H,16,17). The van der Waals surface area contributed by atoms with Crippen LogP contribution in [0.25, 0.3) is 0 Å². The van der Waals surface area contributed by atoms with Gasteiger partial charge in [-0.1, -0.05) is 12.1 Å². The van der Waals surface area contributed by atoms with Crippen molar-refractivity contribution in [1.82, 2.24) is 0 Å². The van der Waals surface area contributed by atoms with Crippen LogP contribution >= 0.6 is 0 Å². The number of carboxylic acids is 1. The van der Waals surface area contributed by atoms with E-state index in [0.717, 1.165) is 18.4 Å². The fourth-order valence-electron chi connectivity index (χ4n) is 3.43. The molecule has 1 atom stereocenters. The minimum absolute atomic E-state index is 0.127. The Labute approximate surface area is 105 Å². The van der Waals surface area contributed by atoms with Crippen molar-refractivity contribution < 1.29 is 19.7 Å². The second-order valence-corrected chi connectivity index (χ2v) is 5.33. The predicted octanol–water partition coefficient (Wildman–Crippen LogP) is 1.92. The number of hydrogen-bond donors (Lipinski definition) is 2. The van der Waals surface area contributed by atoms with Crippen molar-refractivity contribution in [3.05, 3.63) is 29.8 Å². The molecule has 1 heterocycles. The molecule has 1 spiro atoms. The number of phenolic OH excluding ortho intramolecular Hbond substituents is 1. The zero-order chi connectivity index (χ0) is 12.8. The average molecular weight is 248 g/mol. The van der Waals surface area contributed by atoms with Gasteiger partial charge in [0.25, 0.3) is 0 Å². The summed E-state index contributed by atoms with van der Waals surface area (Å²) in [7, 11) is 0. The summed E-state index contributed by atoms with van der Waals surface area (Å²) in [5.74, 6) is -0.655. The molecule has 1 aliphatic heterocycles. The third-order valence-electron chi connectivity index (χ3n) is 4.54. The summed E-state index contributed by atoms with van der Waals surface area (Å²) >= 11 is 0. The highest BCUT2D eigenvalue weighted by Gasteiger charge is 2.72. The molecule has 18 heavy (non-hydrogen) atoms. The monoisotopic (exact) mass is 248 g/mol. The van der Waals surface area contributed by atoms with Crippen LogP contribution in [-0.4, -0.2) is 29.4 Å². The van der Waals surface area contributed by atoms with E-state index in [2.05, 4.69) is 0 Å². The molecule has 96 valence electrons. The summed E-state index contributed by atoms with van der Waals surface area (Å²) in [6.45, 7) is 1.27. The Kier molecular flexibility index (Phi) is 2.38. The Morgan fingerprint density at radius 2 is 2.00 bits per heavy atom. The number of carbonyl (C=O) groups is 1. The van der Waals surface area contributed by atoms with Gasteiger partial charge in [-0.05, 0) is 42.4 Å². The lowest BCUT2D eigenvalue weighted by Crippen LogP contribution is -2.32. The minimum Gasteiger partial charge on any atom is -0.508 e. The van der Waals surface area contributed by atoms with Gasteiger partial charge in [0.15, 0.2) is 0 Å². The van der Waals surface area contributed by atoms with E-state index in [4.69, 9.17) is 4.74 Å². The van der Waals surface area contributed by atoms with Crippen LogP contribution < -0.4 is 0 Å². The van der Waals surface area contributed by atoms with Crippen LogP contribution in [0.3, 0.4) is 0 Å². The number of hydrogen-bond acceptors (Lipinski definition) is 3. The largest absolute Gasteiger partial charge is 0.508 e. The molecule has 2 fully saturated rings. The van der Waals surface area contributed by atoms with E-state index >= 15 is 0 Å². The van der Waals surface area contributed by atoms with E-state index < -0.39 is 11.4 Å². The van der Waals surface area contributed by atoms with E-state index in [1.54, 1.807) is 24.3 Å². The molecule has 0 bridgehead atoms. The minimum atomic E-state index is -0.824. The molecule has 1 aromatic rings. The summed E-state index contributed by atoms with van der Waals surface area (Å²) in [6, 6.07) is 6.66. The Morgan fingerprint density at radius 3 is 2.61 bits per heavy atom. The fourth-order valence-corrected chi connectivity index (χ4v) is 3.43. The van der Waals surface area contributed by atoms with Gasteiger partial charge >= 0.3 is 5.97 Å². The van der Waals surface area contributed by atoms with Crippen molar-refractivity contribution >= 4 is 5.97 Å². The van der Waals surface area contributed by atoms with Crippen molar-refractivity contribution in [3.8, 4) is 5.75 Å². The summed E-state index contributed by atoms with van der Waals surface area (Å²) in [6.07, 6.45) is 2.23. The molecule has 1 saturated carbocycles. The number of carboxylic acid groups (broad SMARTS) is 1. The molecule has 2 N–H and O–H groups in total. The lowest BCUT2D eigenvalue weighted by Gasteiger charge is -2.27. The zero-order valence-corrected chi connectivity index (χ0v) is 10.1. The second kappa shape index (κ2) is 3.72. The van der Waals surface area contributed by atoms with Crippen LogP contribution in [0.1, 0.15) is 24.8 Å². The van der Waals surface area contributed by atoms with Crippen molar-refractivity contribution in [2.24, 2.45) is 5.41 Å². The highest BCUT2D eigenvalue weighted by Crippen LogP contribution is 2.69. The van der Waals surface area contributed by atoms with Crippen molar-refractivity contribution in [3.63, 3.8) is 0 Å². The Morgan fingerprint density at radius 1 is 1.28 bits per heavy atom. The average Bonchev–Trinajstić information content (AvgIpc) is 3.00. The maximum absolute atomic E-state index is 11.7. The van der Waals surface area contributed by atoms with Crippen LogP contribution in [-0.2, 0) is 14.9 Å². The van der Waals surface area contributed by atoms with Gasteiger partial charge in [-0.15, -0.1) is 0 Å². The first kappa shape index (κ1) is 11.5. The third-order valence-corrected chi connectivity index (χ3v) is 4.54. The Bertz CT molecular complexity index is 490. The van der Waals surface area contributed by atoms with Gasteiger partial charge < -0.3 is 14.9 Å². The molecule has 4 nitrogen and oxygen atoms in total.